The van der Waals surface area contributed by atoms with Gasteiger partial charge in [0.25, 0.3) is 0 Å². The first-order valence-corrected chi connectivity index (χ1v) is 48.1. The Morgan fingerprint density at radius 1 is 0.298 bits per heavy atom. The van der Waals surface area contributed by atoms with E-state index in [0.717, 1.165) is 65.2 Å². The quantitative estimate of drug-likeness (QED) is 0.0238. The van der Waals surface area contributed by atoms with Gasteiger partial charge < -0.3 is 190 Å². The van der Waals surface area contributed by atoms with Crippen LogP contribution in [0.1, 0.15) is 246 Å². The third-order valence-corrected chi connectivity index (χ3v) is 25.5. The molecule has 37 atom stereocenters. The van der Waals surface area contributed by atoms with Crippen LogP contribution in [0.5, 0.6) is 0 Å². The third-order valence-electron chi connectivity index (χ3n) is 25.5. The van der Waals surface area contributed by atoms with E-state index in [0.29, 0.717) is 12.8 Å². The van der Waals surface area contributed by atoms with Crippen LogP contribution in [-0.4, -0.2) is 405 Å². The van der Waals surface area contributed by atoms with Crippen molar-refractivity contribution in [2.45, 2.75) is 473 Å². The second-order valence-corrected chi connectivity index (χ2v) is 35.9. The molecule has 0 aromatic heterocycles. The number of allylic oxidation sites excluding steroid dienone is 3. The summed E-state index contributed by atoms with van der Waals surface area (Å²) >= 11 is 0. The minimum atomic E-state index is -2.31. The van der Waals surface area contributed by atoms with Crippen LogP contribution in [-0.2, 0) is 80.7 Å². The van der Waals surface area contributed by atoms with Gasteiger partial charge in [0, 0.05) is 20.3 Å². The predicted octanol–water partition coefficient (Wildman–Crippen LogP) is -1.70. The molecule has 7 fully saturated rings. The van der Waals surface area contributed by atoms with Crippen molar-refractivity contribution in [3.63, 3.8) is 0 Å². The molecule has 24 N–H and O–H groups in total. The number of carbonyl (C=O) groups is 3. The predicted molar refractivity (Wildman–Crippen MR) is 463 cm³/mol. The van der Waals surface area contributed by atoms with Gasteiger partial charge >= 0.3 is 0 Å². The number of hydrogen-bond acceptors (Lipinski definition) is 38. The maximum atomic E-state index is 13.6. The lowest BCUT2D eigenvalue weighted by molar-refractivity contribution is -0.389. The highest BCUT2D eigenvalue weighted by Gasteiger charge is 2.60. The van der Waals surface area contributed by atoms with Gasteiger partial charge in [0.1, 0.15) is 171 Å². The van der Waals surface area contributed by atoms with E-state index in [4.69, 9.17) is 66.3 Å². The number of carbonyl (C=O) groups excluding carboxylic acids is 3. The zero-order valence-electron chi connectivity index (χ0n) is 76.7. The molecule has 0 saturated carbocycles. The zero-order valence-corrected chi connectivity index (χ0v) is 76.7. The normalized spacial score (nSPS) is 37.2. The Bertz CT molecular complexity index is 3130. The largest absolute Gasteiger partial charge is 0.394 e. The van der Waals surface area contributed by atoms with Gasteiger partial charge in [-0.05, 0) is 44.9 Å². The van der Waals surface area contributed by atoms with Crippen molar-refractivity contribution in [1.82, 2.24) is 16.0 Å². The average molecular weight is 1890 g/mol. The Morgan fingerprint density at radius 3 is 0.916 bits per heavy atom. The molecule has 0 aromatic rings. The zero-order chi connectivity index (χ0) is 95.6. The van der Waals surface area contributed by atoms with Gasteiger partial charge in [0.05, 0.1) is 65.0 Å². The van der Waals surface area contributed by atoms with Gasteiger partial charge in [-0.25, -0.2) is 0 Å². The molecule has 7 aliphatic heterocycles. The lowest BCUT2D eigenvalue weighted by Crippen LogP contribution is -2.71. The smallest absolute Gasteiger partial charge is 0.220 e. The summed E-state index contributed by atoms with van der Waals surface area (Å²) in [6.45, 7) is -1.22. The Morgan fingerprint density at radius 2 is 0.573 bits per heavy atom. The number of hydrogen-bond donors (Lipinski definition) is 24. The third kappa shape index (κ3) is 35.3. The fourth-order valence-corrected chi connectivity index (χ4v) is 17.7. The van der Waals surface area contributed by atoms with Gasteiger partial charge in [-0.3, -0.25) is 14.4 Å². The first-order valence-electron chi connectivity index (χ1n) is 48.1. The van der Waals surface area contributed by atoms with Crippen LogP contribution >= 0.6 is 0 Å². The fourth-order valence-electron chi connectivity index (χ4n) is 17.7. The molecular formula is C90H161N3O38. The molecule has 3 amide bonds. The van der Waals surface area contributed by atoms with E-state index >= 15 is 0 Å². The van der Waals surface area contributed by atoms with Crippen molar-refractivity contribution < 1.29 is 188 Å². The van der Waals surface area contributed by atoms with Crippen molar-refractivity contribution >= 4 is 17.7 Å². The Kier molecular flexibility index (Phi) is 54.0. The fraction of sp³-hybridized carbons (Fsp3) is 0.922. The molecule has 764 valence electrons. The van der Waals surface area contributed by atoms with Crippen molar-refractivity contribution in [3.8, 4) is 0 Å². The summed E-state index contributed by atoms with van der Waals surface area (Å²) in [4.78, 5) is 39.6. The van der Waals surface area contributed by atoms with Crippen LogP contribution in [0, 0.1) is 0 Å². The topological polar surface area (TPSA) is 641 Å². The summed E-state index contributed by atoms with van der Waals surface area (Å²) in [7, 11) is 0. The standard InChI is InChI=1S/C90H161N3O38/c1-5-7-9-11-13-15-17-19-20-21-22-23-24-25-26-27-28-30-32-34-36-38-40-42-62(104)93-53(54(103)41-39-37-35-33-31-29-18-16-14-12-10-8-6-2)50-118-86-74(114)72(112)80(61(49-100)125-86)128-90-76(116)82(67(107)57(45-96)122-90)130-85-63(91-51(3)101)69(109)78(59(47-98)123-85)126-88-75(115)81(66(106)56(44-95)120-88)129-84-64(92-52(4)102)70(110)79(60(48-99)124-84)127-89-77(117)83(68(108)58(46-97)121-89)131-87-73(113)71(111)65(105)55(43-94)119-87/h19-20,39,41,53-61,63-90,94-100,103,105-117H,5-18,21-38,40,42-50H2,1-4H3,(H,91,101)(H,92,102)(H,93,104)/b20-19-,41-39+/t53-,54+,55?,56?,57?,58?,59?,60?,61?,63?,64?,65-,66-,67-,68-,69+,70+,71-,72+,73?,74?,75?,76?,77?,78+,79+,80+,81-,82-,83-,84-,85-,86+,87+,88-,89-,90-/m0/s1. The minimum absolute atomic E-state index is 0.161. The summed E-state index contributed by atoms with van der Waals surface area (Å²) < 4.78 is 82.6. The van der Waals surface area contributed by atoms with E-state index in [1.165, 1.54) is 148 Å². The maximum Gasteiger partial charge on any atom is 0.220 e. The minimum Gasteiger partial charge on any atom is -0.394 e. The van der Waals surface area contributed by atoms with Crippen LogP contribution in [0.4, 0.5) is 0 Å². The van der Waals surface area contributed by atoms with E-state index in [-0.39, 0.29) is 12.3 Å². The highest BCUT2D eigenvalue weighted by atomic mass is 16.8. The Hall–Kier alpha value is -3.51. The highest BCUT2D eigenvalue weighted by molar-refractivity contribution is 5.76. The van der Waals surface area contributed by atoms with E-state index in [1.807, 2.05) is 6.08 Å². The van der Waals surface area contributed by atoms with Gasteiger partial charge in [-0.2, -0.15) is 0 Å². The van der Waals surface area contributed by atoms with Crippen molar-refractivity contribution in [1.29, 1.82) is 0 Å². The number of nitrogens with one attached hydrogen (secondary N) is 3. The number of aliphatic hydroxyl groups is 21. The lowest BCUT2D eigenvalue weighted by atomic mass is 9.93. The molecule has 7 heterocycles. The molecule has 0 spiro atoms. The molecule has 0 radical (unpaired) electrons. The van der Waals surface area contributed by atoms with Crippen LogP contribution < -0.4 is 16.0 Å². The molecule has 131 heavy (non-hydrogen) atoms. The molecule has 14 unspecified atom stereocenters. The summed E-state index contributed by atoms with van der Waals surface area (Å²) in [5.41, 5.74) is 0. The molecule has 0 aliphatic carbocycles. The van der Waals surface area contributed by atoms with Crippen molar-refractivity contribution in [3.05, 3.63) is 24.3 Å². The van der Waals surface area contributed by atoms with E-state index in [1.54, 1.807) is 6.08 Å². The summed E-state index contributed by atoms with van der Waals surface area (Å²) in [5.74, 6) is -2.14. The van der Waals surface area contributed by atoms with Crippen LogP contribution in [0.25, 0.3) is 0 Å². The van der Waals surface area contributed by atoms with Gasteiger partial charge in [-0.15, -0.1) is 0 Å². The maximum absolute atomic E-state index is 13.6. The molecule has 7 rings (SSSR count). The monoisotopic (exact) mass is 1890 g/mol. The van der Waals surface area contributed by atoms with Gasteiger partial charge in [-0.1, -0.05) is 205 Å². The molecule has 41 heteroatoms. The summed E-state index contributed by atoms with van der Waals surface area (Å²) in [6, 6.07) is -4.83. The summed E-state index contributed by atoms with van der Waals surface area (Å²) in [6.07, 6.45) is -19.8. The highest BCUT2D eigenvalue weighted by Crippen LogP contribution is 2.39. The number of rotatable bonds is 62. The summed E-state index contributed by atoms with van der Waals surface area (Å²) in [5, 5.41) is 243. The molecule has 41 nitrogen and oxygen atoms in total. The molecule has 7 aliphatic rings. The van der Waals surface area contributed by atoms with Crippen molar-refractivity contribution in [2.75, 3.05) is 52.9 Å². The number of amides is 3. The van der Waals surface area contributed by atoms with Gasteiger partial charge in [0.15, 0.2) is 44.0 Å². The van der Waals surface area contributed by atoms with Crippen LogP contribution in [0.15, 0.2) is 24.3 Å². The number of ether oxygens (including phenoxy) is 14. The second kappa shape index (κ2) is 61.8. The van der Waals surface area contributed by atoms with Crippen LogP contribution in [0.3, 0.4) is 0 Å². The van der Waals surface area contributed by atoms with E-state index < -0.39 is 292 Å². The van der Waals surface area contributed by atoms with Crippen molar-refractivity contribution in [2.24, 2.45) is 0 Å². The first kappa shape index (κ1) is 114. The van der Waals surface area contributed by atoms with Crippen LogP contribution in [0.2, 0.25) is 0 Å². The number of aliphatic hydroxyl groups excluding tert-OH is 21. The molecule has 7 saturated heterocycles. The second-order valence-electron chi connectivity index (χ2n) is 35.9. The molecular weight excluding hydrogens is 1730 g/mol. The van der Waals surface area contributed by atoms with E-state index in [9.17, 15) is 122 Å². The first-order chi connectivity index (χ1) is 63.1. The Labute approximate surface area is 768 Å². The molecule has 0 aromatic carbocycles. The van der Waals surface area contributed by atoms with Gasteiger partial charge in [0.2, 0.25) is 17.7 Å². The Balaban J connectivity index is 0.952. The average Bonchev–Trinajstić information content (AvgIpc) is 0.764. The molecule has 0 bridgehead atoms. The lowest BCUT2D eigenvalue weighted by Gasteiger charge is -2.51. The SMILES string of the molecule is CCCCCCCC/C=C\CCCCCCCCCCCCCCCC(=O)N[C@@H](CO[C@@H]1OC(CO)[C@@H](O[C@@H]2OC(CO)[C@H](O)[C@H](O[C@@H]3OC(CO)[C@@H](O[C@@H]4OC(CO)[C@H](O)[C@H](O[C@@H]5OC(CO)[C@@H](O[C@@H]6OC(CO)[C@H](O)[C@H](O[C@H]7OC(CO)[C@H](O)[C@H](O)C7O)C6O)[C@H](O)C5NC(C)=O)C4O)[C@H](O)C3NC(C)=O)C2O)[C@H](O)C1O)[C@H](O)/C=C/CCCCCCCCCCCCC. The number of unbranched alkanes of at least 4 members (excludes halogenated alkanes) is 30. The van der Waals surface area contributed by atoms with E-state index in [2.05, 4.69) is 41.9 Å².